The molecule has 1 aliphatic rings. The van der Waals surface area contributed by atoms with E-state index in [9.17, 15) is 14.4 Å². The molecule has 1 heterocycles. The van der Waals surface area contributed by atoms with Crippen molar-refractivity contribution in [2.45, 2.75) is 51.8 Å². The summed E-state index contributed by atoms with van der Waals surface area (Å²) < 4.78 is 27.5. The van der Waals surface area contributed by atoms with Crippen LogP contribution < -0.4 is 4.74 Å². The topological polar surface area (TPSA) is 97.4 Å². The van der Waals surface area contributed by atoms with Gasteiger partial charge in [-0.2, -0.15) is 0 Å². The summed E-state index contributed by atoms with van der Waals surface area (Å²) in [6.45, 7) is 3.57. The molecule has 0 spiro atoms. The summed E-state index contributed by atoms with van der Waals surface area (Å²) in [7, 11) is 0. The standard InChI is InChI=1S/C24H26O8/c1-15(25)29-21-14-28-24(23(31-17(3)27)22(21)30-16(2)26)32-20-11-9-19(10-12-20)13-18-7-5-4-6-8-18/h4-12,21-24H,13-14H2,1-3H3/t21-,22+,23-,24-/m1/s1. The van der Waals surface area contributed by atoms with Gasteiger partial charge in [0, 0.05) is 20.8 Å². The lowest BCUT2D eigenvalue weighted by Gasteiger charge is -2.40. The van der Waals surface area contributed by atoms with E-state index in [1.165, 1.54) is 26.3 Å². The number of hydrogen-bond donors (Lipinski definition) is 0. The molecule has 3 rings (SSSR count). The molecular weight excluding hydrogens is 416 g/mol. The molecule has 0 radical (unpaired) electrons. The molecule has 1 aliphatic heterocycles. The monoisotopic (exact) mass is 442 g/mol. The summed E-state index contributed by atoms with van der Waals surface area (Å²) in [6, 6.07) is 17.5. The maximum atomic E-state index is 11.7. The van der Waals surface area contributed by atoms with Gasteiger partial charge < -0.3 is 23.7 Å². The molecule has 0 saturated carbocycles. The molecule has 1 saturated heterocycles. The van der Waals surface area contributed by atoms with Gasteiger partial charge in [0.1, 0.15) is 5.75 Å². The molecule has 170 valence electrons. The zero-order valence-electron chi connectivity index (χ0n) is 18.2. The van der Waals surface area contributed by atoms with Crippen LogP contribution in [0.5, 0.6) is 5.75 Å². The highest BCUT2D eigenvalue weighted by atomic mass is 16.7. The van der Waals surface area contributed by atoms with Crippen molar-refractivity contribution in [3.63, 3.8) is 0 Å². The third kappa shape index (κ3) is 6.55. The number of hydrogen-bond acceptors (Lipinski definition) is 8. The minimum atomic E-state index is -1.13. The molecule has 8 nitrogen and oxygen atoms in total. The Morgan fingerprint density at radius 3 is 1.94 bits per heavy atom. The van der Waals surface area contributed by atoms with Crippen molar-refractivity contribution >= 4 is 17.9 Å². The van der Waals surface area contributed by atoms with Crippen molar-refractivity contribution in [2.24, 2.45) is 0 Å². The zero-order chi connectivity index (χ0) is 23.1. The van der Waals surface area contributed by atoms with Crippen LogP contribution >= 0.6 is 0 Å². The normalized spacial score (nSPS) is 22.5. The van der Waals surface area contributed by atoms with Crippen LogP contribution in [0.2, 0.25) is 0 Å². The molecule has 32 heavy (non-hydrogen) atoms. The molecule has 0 unspecified atom stereocenters. The Morgan fingerprint density at radius 1 is 0.781 bits per heavy atom. The lowest BCUT2D eigenvalue weighted by Crippen LogP contribution is -2.59. The van der Waals surface area contributed by atoms with E-state index in [4.69, 9.17) is 23.7 Å². The first-order valence-corrected chi connectivity index (χ1v) is 10.2. The van der Waals surface area contributed by atoms with Crippen LogP contribution in [-0.4, -0.2) is 49.1 Å². The average Bonchev–Trinajstić information content (AvgIpc) is 2.73. The van der Waals surface area contributed by atoms with Crippen LogP contribution in [0.15, 0.2) is 54.6 Å². The Balaban J connectivity index is 1.75. The van der Waals surface area contributed by atoms with Gasteiger partial charge in [-0.05, 0) is 29.7 Å². The molecule has 1 fully saturated rings. The van der Waals surface area contributed by atoms with Gasteiger partial charge in [-0.3, -0.25) is 14.4 Å². The second-order valence-electron chi connectivity index (χ2n) is 7.42. The number of ether oxygens (including phenoxy) is 5. The Bertz CT molecular complexity index is 925. The molecule has 2 aromatic rings. The maximum absolute atomic E-state index is 11.7. The first-order valence-electron chi connectivity index (χ1n) is 10.2. The smallest absolute Gasteiger partial charge is 0.303 e. The second-order valence-corrected chi connectivity index (χ2v) is 7.42. The van der Waals surface area contributed by atoms with E-state index < -0.39 is 42.5 Å². The minimum absolute atomic E-state index is 0.0912. The molecule has 0 bridgehead atoms. The Hall–Kier alpha value is -3.39. The van der Waals surface area contributed by atoms with E-state index in [1.807, 2.05) is 30.3 Å². The van der Waals surface area contributed by atoms with E-state index >= 15 is 0 Å². The first-order chi connectivity index (χ1) is 15.3. The van der Waals surface area contributed by atoms with E-state index in [1.54, 1.807) is 12.1 Å². The van der Waals surface area contributed by atoms with Crippen molar-refractivity contribution in [1.82, 2.24) is 0 Å². The van der Waals surface area contributed by atoms with Gasteiger partial charge in [-0.15, -0.1) is 0 Å². The van der Waals surface area contributed by atoms with Crippen molar-refractivity contribution in [2.75, 3.05) is 6.61 Å². The van der Waals surface area contributed by atoms with Crippen molar-refractivity contribution < 1.29 is 38.1 Å². The molecule has 2 aromatic carbocycles. The summed E-state index contributed by atoms with van der Waals surface area (Å²) in [5.41, 5.74) is 2.28. The van der Waals surface area contributed by atoms with Gasteiger partial charge in [0.15, 0.2) is 12.2 Å². The van der Waals surface area contributed by atoms with Crippen molar-refractivity contribution in [1.29, 1.82) is 0 Å². The number of carbonyl (C=O) groups excluding carboxylic acids is 3. The number of benzene rings is 2. The van der Waals surface area contributed by atoms with E-state index in [-0.39, 0.29) is 6.61 Å². The zero-order valence-corrected chi connectivity index (χ0v) is 18.2. The quantitative estimate of drug-likeness (QED) is 0.477. The third-order valence-electron chi connectivity index (χ3n) is 4.73. The predicted octanol–water partition coefficient (Wildman–Crippen LogP) is 2.81. The van der Waals surface area contributed by atoms with Crippen LogP contribution in [0, 0.1) is 0 Å². The SMILES string of the molecule is CC(=O)O[C@@H]1[C@@H](OC(C)=O)[C@@H](Oc2ccc(Cc3ccccc3)cc2)OC[C@H]1OC(C)=O. The fourth-order valence-corrected chi connectivity index (χ4v) is 3.46. The molecule has 4 atom stereocenters. The molecular formula is C24H26O8. The summed E-state index contributed by atoms with van der Waals surface area (Å²) in [6.07, 6.45) is -3.42. The van der Waals surface area contributed by atoms with Crippen LogP contribution in [0.3, 0.4) is 0 Å². The van der Waals surface area contributed by atoms with Gasteiger partial charge in [0.2, 0.25) is 12.4 Å². The summed E-state index contributed by atoms with van der Waals surface area (Å²) in [5.74, 6) is -1.33. The number of esters is 3. The lowest BCUT2D eigenvalue weighted by atomic mass is 10.0. The highest BCUT2D eigenvalue weighted by molar-refractivity contribution is 5.68. The maximum Gasteiger partial charge on any atom is 0.303 e. The fourth-order valence-electron chi connectivity index (χ4n) is 3.46. The second kappa shape index (κ2) is 10.8. The predicted molar refractivity (Wildman–Crippen MR) is 113 cm³/mol. The molecule has 0 aromatic heterocycles. The summed E-state index contributed by atoms with van der Waals surface area (Å²) in [5, 5.41) is 0. The summed E-state index contributed by atoms with van der Waals surface area (Å²) in [4.78, 5) is 34.8. The van der Waals surface area contributed by atoms with Gasteiger partial charge in [0.25, 0.3) is 0 Å². The molecule has 0 aliphatic carbocycles. The van der Waals surface area contributed by atoms with Crippen LogP contribution in [0.1, 0.15) is 31.9 Å². The van der Waals surface area contributed by atoms with E-state index in [2.05, 4.69) is 12.1 Å². The van der Waals surface area contributed by atoms with Gasteiger partial charge >= 0.3 is 17.9 Å². The Kier molecular flexibility index (Phi) is 7.83. The van der Waals surface area contributed by atoms with Crippen LogP contribution in [-0.2, 0) is 39.8 Å². The first kappa shape index (κ1) is 23.3. The molecule has 0 amide bonds. The largest absolute Gasteiger partial charge is 0.461 e. The Labute approximate surface area is 186 Å². The number of rotatable bonds is 7. The number of carbonyl (C=O) groups is 3. The van der Waals surface area contributed by atoms with Gasteiger partial charge in [-0.1, -0.05) is 42.5 Å². The van der Waals surface area contributed by atoms with E-state index in [0.717, 1.165) is 12.0 Å². The minimum Gasteiger partial charge on any atom is -0.461 e. The Morgan fingerprint density at radius 2 is 1.34 bits per heavy atom. The lowest BCUT2D eigenvalue weighted by molar-refractivity contribution is -0.259. The van der Waals surface area contributed by atoms with E-state index in [0.29, 0.717) is 5.75 Å². The van der Waals surface area contributed by atoms with Crippen LogP contribution in [0.25, 0.3) is 0 Å². The highest BCUT2D eigenvalue weighted by Crippen LogP contribution is 2.27. The van der Waals surface area contributed by atoms with Gasteiger partial charge in [0.05, 0.1) is 6.61 Å². The van der Waals surface area contributed by atoms with Gasteiger partial charge in [-0.25, -0.2) is 0 Å². The van der Waals surface area contributed by atoms with Crippen LogP contribution in [0.4, 0.5) is 0 Å². The fraction of sp³-hybridized carbons (Fsp3) is 0.375. The molecule has 0 N–H and O–H groups in total. The van der Waals surface area contributed by atoms with Crippen molar-refractivity contribution in [3.05, 3.63) is 65.7 Å². The molecule has 8 heteroatoms. The average molecular weight is 442 g/mol. The summed E-state index contributed by atoms with van der Waals surface area (Å²) >= 11 is 0. The van der Waals surface area contributed by atoms with Crippen molar-refractivity contribution in [3.8, 4) is 5.75 Å². The third-order valence-corrected chi connectivity index (χ3v) is 4.73. The highest BCUT2D eigenvalue weighted by Gasteiger charge is 2.48.